The molecule has 0 aliphatic carbocycles. The normalized spacial score (nSPS) is 16.7. The Labute approximate surface area is 181 Å². The fraction of sp³-hybridized carbons (Fsp3) is 0.409. The van der Waals surface area contributed by atoms with E-state index in [0.717, 1.165) is 22.4 Å². The Morgan fingerprint density at radius 3 is 2.65 bits per heavy atom. The number of hydrogen-bond acceptors (Lipinski definition) is 7. The predicted octanol–water partition coefficient (Wildman–Crippen LogP) is 2.15. The molecule has 0 saturated carbocycles. The highest BCUT2D eigenvalue weighted by atomic mass is 16.5. The number of piperidine rings is 1. The summed E-state index contributed by atoms with van der Waals surface area (Å²) in [6.45, 7) is 3.22. The summed E-state index contributed by atoms with van der Waals surface area (Å²) in [5.74, 6) is 1.99. The number of aromatic amines is 1. The molecule has 0 spiro atoms. The van der Waals surface area contributed by atoms with Crippen molar-refractivity contribution in [2.24, 2.45) is 5.73 Å². The number of ether oxygens (including phenoxy) is 2. The molecule has 1 aromatic carbocycles. The van der Waals surface area contributed by atoms with Crippen molar-refractivity contribution in [2.45, 2.75) is 31.3 Å². The molecule has 1 aliphatic rings. The third-order valence-corrected chi connectivity index (χ3v) is 6.00. The van der Waals surface area contributed by atoms with Gasteiger partial charge in [0.2, 0.25) is 5.91 Å². The summed E-state index contributed by atoms with van der Waals surface area (Å²) in [6, 6.07) is 7.36. The van der Waals surface area contributed by atoms with Crippen LogP contribution in [0.25, 0.3) is 11.0 Å². The van der Waals surface area contributed by atoms with Crippen LogP contribution >= 0.6 is 0 Å². The van der Waals surface area contributed by atoms with Gasteiger partial charge >= 0.3 is 0 Å². The minimum atomic E-state index is -0.925. The van der Waals surface area contributed by atoms with Gasteiger partial charge in [-0.3, -0.25) is 4.79 Å². The molecule has 4 rings (SSSR count). The molecule has 4 N–H and O–H groups in total. The molecule has 164 valence electrons. The van der Waals surface area contributed by atoms with Crippen LogP contribution in [0.1, 0.15) is 31.4 Å². The Morgan fingerprint density at radius 1 is 1.19 bits per heavy atom. The number of hydrogen-bond donors (Lipinski definition) is 3. The van der Waals surface area contributed by atoms with Gasteiger partial charge in [-0.25, -0.2) is 9.97 Å². The molecule has 1 unspecified atom stereocenters. The van der Waals surface area contributed by atoms with Gasteiger partial charge in [0.1, 0.15) is 17.8 Å². The van der Waals surface area contributed by atoms with Crippen LogP contribution in [-0.2, 0) is 4.79 Å². The molecular formula is C22H28N6O3. The molecule has 3 aromatic rings. The van der Waals surface area contributed by atoms with Crippen LogP contribution < -0.4 is 25.4 Å². The third kappa shape index (κ3) is 4.00. The van der Waals surface area contributed by atoms with E-state index in [1.807, 2.05) is 37.4 Å². The van der Waals surface area contributed by atoms with E-state index < -0.39 is 5.54 Å². The van der Waals surface area contributed by atoms with Gasteiger partial charge in [-0.1, -0.05) is 6.07 Å². The Bertz CT molecular complexity index is 1070. The summed E-state index contributed by atoms with van der Waals surface area (Å²) >= 11 is 0. The van der Waals surface area contributed by atoms with Gasteiger partial charge in [0.05, 0.1) is 31.2 Å². The van der Waals surface area contributed by atoms with Crippen LogP contribution in [0.3, 0.4) is 0 Å². The van der Waals surface area contributed by atoms with Crippen LogP contribution in [0.5, 0.6) is 11.5 Å². The van der Waals surface area contributed by atoms with E-state index in [0.29, 0.717) is 37.4 Å². The van der Waals surface area contributed by atoms with Gasteiger partial charge in [-0.05, 0) is 43.5 Å². The molecule has 1 fully saturated rings. The zero-order chi connectivity index (χ0) is 22.0. The Hall–Kier alpha value is -3.33. The number of H-pyrrole nitrogens is 1. The second-order valence-electron chi connectivity index (χ2n) is 7.89. The van der Waals surface area contributed by atoms with Crippen molar-refractivity contribution in [3.63, 3.8) is 0 Å². The third-order valence-electron chi connectivity index (χ3n) is 6.00. The Balaban J connectivity index is 1.42. The highest BCUT2D eigenvalue weighted by Gasteiger charge is 2.38. The summed E-state index contributed by atoms with van der Waals surface area (Å²) < 4.78 is 10.6. The molecule has 2 aromatic heterocycles. The lowest BCUT2D eigenvalue weighted by Gasteiger charge is -2.39. The fourth-order valence-corrected chi connectivity index (χ4v) is 4.00. The van der Waals surface area contributed by atoms with Crippen molar-refractivity contribution in [1.29, 1.82) is 0 Å². The van der Waals surface area contributed by atoms with E-state index in [1.54, 1.807) is 20.5 Å². The van der Waals surface area contributed by atoms with Crippen LogP contribution in [-0.4, -0.2) is 53.7 Å². The number of amides is 1. The molecule has 9 heteroatoms. The number of aromatic nitrogens is 3. The van der Waals surface area contributed by atoms with Gasteiger partial charge < -0.3 is 30.4 Å². The van der Waals surface area contributed by atoms with Gasteiger partial charge in [0, 0.05) is 19.3 Å². The highest BCUT2D eigenvalue weighted by molar-refractivity contribution is 5.89. The summed E-state index contributed by atoms with van der Waals surface area (Å²) in [7, 11) is 3.18. The second kappa shape index (κ2) is 8.43. The van der Waals surface area contributed by atoms with Crippen LogP contribution in [0, 0.1) is 0 Å². The quantitative estimate of drug-likeness (QED) is 0.555. The van der Waals surface area contributed by atoms with E-state index >= 15 is 0 Å². The van der Waals surface area contributed by atoms with E-state index in [2.05, 4.69) is 25.2 Å². The largest absolute Gasteiger partial charge is 0.493 e. The van der Waals surface area contributed by atoms with Crippen molar-refractivity contribution in [3.8, 4) is 11.5 Å². The summed E-state index contributed by atoms with van der Waals surface area (Å²) in [5.41, 5.74) is 7.34. The highest BCUT2D eigenvalue weighted by Crippen LogP contribution is 2.31. The number of fused-ring (bicyclic) bond motifs is 1. The van der Waals surface area contributed by atoms with Crippen LogP contribution in [0.2, 0.25) is 0 Å². The number of anilines is 1. The maximum absolute atomic E-state index is 13.1. The standard InChI is InChI=1S/C22H28N6O3/c1-14(15-4-5-17(30-2)18(12-15)31-3)27-21(29)22(23)7-10-28(11-8-22)20-16-6-9-24-19(16)25-13-26-20/h4-6,9,12-14H,7-8,10-11,23H2,1-3H3,(H,27,29)(H,24,25,26). The minimum Gasteiger partial charge on any atom is -0.493 e. The molecular weight excluding hydrogens is 396 g/mol. The molecule has 3 heterocycles. The molecule has 1 aliphatic heterocycles. The summed E-state index contributed by atoms with van der Waals surface area (Å²) in [6.07, 6.45) is 4.47. The van der Waals surface area contributed by atoms with Crippen LogP contribution in [0.15, 0.2) is 36.8 Å². The number of rotatable bonds is 6. The van der Waals surface area contributed by atoms with Crippen molar-refractivity contribution >= 4 is 22.8 Å². The first kappa shape index (κ1) is 20.9. The number of carbonyl (C=O) groups excluding carboxylic acids is 1. The SMILES string of the molecule is COc1ccc(C(C)NC(=O)C2(N)CCN(c3ncnc4[nH]ccc34)CC2)cc1OC. The lowest BCUT2D eigenvalue weighted by molar-refractivity contribution is -0.127. The maximum atomic E-state index is 13.1. The Kier molecular flexibility index (Phi) is 5.69. The number of nitrogens with zero attached hydrogens (tertiary/aromatic N) is 3. The van der Waals surface area contributed by atoms with Crippen molar-refractivity contribution in [2.75, 3.05) is 32.2 Å². The average molecular weight is 425 g/mol. The van der Waals surface area contributed by atoms with Gasteiger partial charge in [-0.2, -0.15) is 0 Å². The van der Waals surface area contributed by atoms with E-state index in [4.69, 9.17) is 15.2 Å². The van der Waals surface area contributed by atoms with Gasteiger partial charge in [-0.15, -0.1) is 0 Å². The molecule has 1 saturated heterocycles. The maximum Gasteiger partial charge on any atom is 0.240 e. The van der Waals surface area contributed by atoms with Crippen LogP contribution in [0.4, 0.5) is 5.82 Å². The molecule has 9 nitrogen and oxygen atoms in total. The monoisotopic (exact) mass is 424 g/mol. The number of benzene rings is 1. The first-order valence-corrected chi connectivity index (χ1v) is 10.3. The molecule has 0 bridgehead atoms. The van der Waals surface area contributed by atoms with Crippen molar-refractivity contribution in [3.05, 3.63) is 42.4 Å². The number of carbonyl (C=O) groups is 1. The zero-order valence-electron chi connectivity index (χ0n) is 18.0. The molecule has 31 heavy (non-hydrogen) atoms. The zero-order valence-corrected chi connectivity index (χ0v) is 18.0. The van der Waals surface area contributed by atoms with Gasteiger partial charge in [0.15, 0.2) is 11.5 Å². The first-order chi connectivity index (χ1) is 14.9. The topological polar surface area (TPSA) is 118 Å². The minimum absolute atomic E-state index is 0.149. The number of methoxy groups -OCH3 is 2. The van der Waals surface area contributed by atoms with E-state index in [1.165, 1.54) is 0 Å². The lowest BCUT2D eigenvalue weighted by Crippen LogP contribution is -2.60. The second-order valence-corrected chi connectivity index (χ2v) is 7.89. The lowest BCUT2D eigenvalue weighted by atomic mass is 9.87. The molecule has 0 radical (unpaired) electrons. The van der Waals surface area contributed by atoms with E-state index in [9.17, 15) is 4.79 Å². The summed E-state index contributed by atoms with van der Waals surface area (Å²) in [4.78, 5) is 27.0. The average Bonchev–Trinajstić information content (AvgIpc) is 3.28. The number of nitrogens with two attached hydrogens (primary N) is 1. The van der Waals surface area contributed by atoms with Gasteiger partial charge in [0.25, 0.3) is 0 Å². The first-order valence-electron chi connectivity index (χ1n) is 10.3. The number of nitrogens with one attached hydrogen (secondary N) is 2. The smallest absolute Gasteiger partial charge is 0.240 e. The predicted molar refractivity (Wildman–Crippen MR) is 118 cm³/mol. The fourth-order valence-electron chi connectivity index (χ4n) is 4.00. The van der Waals surface area contributed by atoms with Crippen molar-refractivity contribution in [1.82, 2.24) is 20.3 Å². The summed E-state index contributed by atoms with van der Waals surface area (Å²) in [5, 5.41) is 4.04. The van der Waals surface area contributed by atoms with Crippen molar-refractivity contribution < 1.29 is 14.3 Å². The molecule has 1 amide bonds. The van der Waals surface area contributed by atoms with E-state index in [-0.39, 0.29) is 11.9 Å². The molecule has 1 atom stereocenters. The Morgan fingerprint density at radius 2 is 1.94 bits per heavy atom.